The number of hydrogen-bond donors (Lipinski definition) is 6. The molecule has 92 heavy (non-hydrogen) atoms. The van der Waals surface area contributed by atoms with Gasteiger partial charge in [0.2, 0.25) is 5.91 Å². The molecular weight excluding hydrogens is 1140 g/mol. The third-order valence-corrected chi connectivity index (χ3v) is 16.9. The Balaban J connectivity index is 2.19. The highest BCUT2D eigenvalue weighted by atomic mass is 16.7. The Morgan fingerprint density at radius 2 is 0.674 bits per heavy atom. The lowest BCUT2D eigenvalue weighted by molar-refractivity contribution is -0.302. The Morgan fingerprint density at radius 1 is 0.380 bits per heavy atom. The summed E-state index contributed by atoms with van der Waals surface area (Å²) in [5.41, 5.74) is 0. The molecule has 1 amide bonds. The van der Waals surface area contributed by atoms with Gasteiger partial charge in [-0.3, -0.25) is 4.79 Å². The zero-order valence-corrected chi connectivity index (χ0v) is 58.7. The molecule has 0 aromatic carbocycles. The number of unbranched alkanes of at least 4 members (excludes halogenated alkanes) is 30. The van der Waals surface area contributed by atoms with Crippen molar-refractivity contribution in [2.75, 3.05) is 13.2 Å². The smallest absolute Gasteiger partial charge is 0.220 e. The van der Waals surface area contributed by atoms with Crippen LogP contribution >= 0.6 is 0 Å². The quantitative estimate of drug-likeness (QED) is 0.0261. The molecule has 0 radical (unpaired) electrons. The number of carbonyl (C=O) groups is 1. The molecule has 7 unspecified atom stereocenters. The van der Waals surface area contributed by atoms with Gasteiger partial charge in [-0.25, -0.2) is 0 Å². The van der Waals surface area contributed by atoms with Gasteiger partial charge in [0.1, 0.15) is 24.4 Å². The van der Waals surface area contributed by atoms with Crippen molar-refractivity contribution in [2.24, 2.45) is 0 Å². The van der Waals surface area contributed by atoms with E-state index < -0.39 is 49.5 Å². The summed E-state index contributed by atoms with van der Waals surface area (Å²) in [6.07, 6.45) is 102. The van der Waals surface area contributed by atoms with Gasteiger partial charge >= 0.3 is 0 Å². The van der Waals surface area contributed by atoms with E-state index in [0.29, 0.717) is 6.42 Å². The molecule has 9 heteroatoms. The van der Waals surface area contributed by atoms with E-state index in [0.717, 1.165) is 109 Å². The number of ether oxygens (including phenoxy) is 2. The van der Waals surface area contributed by atoms with E-state index >= 15 is 0 Å². The summed E-state index contributed by atoms with van der Waals surface area (Å²) in [4.78, 5) is 13.1. The summed E-state index contributed by atoms with van der Waals surface area (Å²) in [6.45, 7) is 3.66. The predicted octanol–water partition coefficient (Wildman–Crippen LogP) is 21.5. The molecule has 0 aromatic rings. The molecule has 1 fully saturated rings. The van der Waals surface area contributed by atoms with Gasteiger partial charge in [-0.1, -0.05) is 345 Å². The normalized spacial score (nSPS) is 18.6. The molecule has 0 aliphatic carbocycles. The van der Waals surface area contributed by atoms with Crippen LogP contribution in [-0.2, 0) is 14.3 Å². The van der Waals surface area contributed by atoms with Gasteiger partial charge < -0.3 is 40.3 Å². The molecule has 0 spiro atoms. The van der Waals surface area contributed by atoms with Crippen LogP contribution in [0.1, 0.15) is 303 Å². The first-order chi connectivity index (χ1) is 45.3. The molecule has 1 saturated heterocycles. The fraction of sp³-hybridized carbons (Fsp3) is 0.675. The van der Waals surface area contributed by atoms with Gasteiger partial charge in [0, 0.05) is 6.42 Å². The van der Waals surface area contributed by atoms with Gasteiger partial charge in [-0.2, -0.15) is 0 Å². The highest BCUT2D eigenvalue weighted by molar-refractivity contribution is 5.76. The number of hydrogen-bond acceptors (Lipinski definition) is 8. The van der Waals surface area contributed by atoms with E-state index in [1.807, 2.05) is 6.08 Å². The molecule has 1 heterocycles. The maximum absolute atomic E-state index is 13.1. The number of rotatable bonds is 64. The number of aliphatic hydroxyl groups excluding tert-OH is 5. The zero-order valence-electron chi connectivity index (χ0n) is 58.7. The number of nitrogens with one attached hydrogen (secondary N) is 1. The summed E-state index contributed by atoms with van der Waals surface area (Å²) in [6, 6.07) is -0.843. The molecule has 0 saturated carbocycles. The van der Waals surface area contributed by atoms with Crippen LogP contribution in [0.5, 0.6) is 0 Å². The van der Waals surface area contributed by atoms with Gasteiger partial charge in [-0.05, 0) is 109 Å². The lowest BCUT2D eigenvalue weighted by atomic mass is 9.99. The summed E-state index contributed by atoms with van der Waals surface area (Å²) in [5.74, 6) is -0.222. The van der Waals surface area contributed by atoms with Crippen molar-refractivity contribution in [1.82, 2.24) is 5.32 Å². The lowest BCUT2D eigenvalue weighted by Gasteiger charge is -2.40. The second-order valence-corrected chi connectivity index (χ2v) is 25.4. The second kappa shape index (κ2) is 69.6. The van der Waals surface area contributed by atoms with E-state index in [1.165, 1.54) is 167 Å². The molecule has 1 aliphatic heterocycles. The van der Waals surface area contributed by atoms with Crippen molar-refractivity contribution < 1.29 is 39.8 Å². The highest BCUT2D eigenvalue weighted by Crippen LogP contribution is 2.23. The van der Waals surface area contributed by atoms with Gasteiger partial charge in [-0.15, -0.1) is 0 Å². The minimum Gasteiger partial charge on any atom is -0.394 e. The summed E-state index contributed by atoms with van der Waals surface area (Å²) < 4.78 is 11.3. The Bertz CT molecular complexity index is 2020. The largest absolute Gasteiger partial charge is 0.394 e. The van der Waals surface area contributed by atoms with Crippen LogP contribution < -0.4 is 5.32 Å². The Kier molecular flexibility index (Phi) is 65.0. The standard InChI is InChI=1S/C83H139NO8/c1-3-5-7-9-11-13-15-17-19-21-23-25-27-29-31-33-35-36-37-38-39-40-41-42-43-45-47-49-51-53-55-57-59-61-63-65-67-69-71-73-79(87)84-76(75-91-83-82(90)81(89)80(88)78(74-85)92-83)77(86)72-70-68-66-64-62-60-58-56-54-52-50-48-46-44-34-32-30-28-26-24-22-20-18-16-14-12-10-8-6-4-2/h5,7,11,13,17,19,23,25,29,31,35-36,38-39,41-42,45,47,51,53,57,59,63,65,70,72,76-78,80-83,85-86,88-90H,3-4,6,8-10,12,14-16,18,20-22,24,26-28,30,32-34,37,40,43-44,46,48-50,52,54-56,58,60-62,64,66-69,71,73-75H2,1-2H3,(H,84,87)/b7-5-,13-11-,19-17-,25-23-,31-29-,36-35-,39-38-,42-41-,47-45-,53-51-,59-57-,65-63-,72-70+. The fourth-order valence-electron chi connectivity index (χ4n) is 11.0. The van der Waals surface area contributed by atoms with Crippen molar-refractivity contribution >= 4 is 5.91 Å². The van der Waals surface area contributed by atoms with Gasteiger partial charge in [0.25, 0.3) is 0 Å². The van der Waals surface area contributed by atoms with E-state index in [1.54, 1.807) is 6.08 Å². The minimum absolute atomic E-state index is 0.215. The van der Waals surface area contributed by atoms with E-state index in [-0.39, 0.29) is 18.9 Å². The topological polar surface area (TPSA) is 149 Å². The van der Waals surface area contributed by atoms with Crippen molar-refractivity contribution in [3.63, 3.8) is 0 Å². The van der Waals surface area contributed by atoms with Crippen LogP contribution in [0.4, 0.5) is 0 Å². The fourth-order valence-corrected chi connectivity index (χ4v) is 11.0. The third kappa shape index (κ3) is 57.3. The molecule has 0 aromatic heterocycles. The Hall–Kier alpha value is -4.19. The monoisotopic (exact) mass is 1280 g/mol. The molecule has 9 nitrogen and oxygen atoms in total. The Labute approximate surface area is 565 Å². The summed E-state index contributed by atoms with van der Waals surface area (Å²) in [5, 5.41) is 54.8. The SMILES string of the molecule is CC/C=C\C/C=C\C/C=C\C/C=C\C/C=C\C/C=C\C/C=C\C/C=C\C/C=C\C/C=C\C/C=C\C/C=C\CCCCC(=O)NC(COC1OC(CO)C(O)C(O)C1O)C(O)/C=C/CCCCCCCCCCCCCCCCCCCCCCCCCCCCCC. The average Bonchev–Trinajstić information content (AvgIpc) is 1.45. The second-order valence-electron chi connectivity index (χ2n) is 25.4. The maximum atomic E-state index is 13.1. The first kappa shape index (κ1) is 85.8. The van der Waals surface area contributed by atoms with Crippen LogP contribution in [0.2, 0.25) is 0 Å². The Morgan fingerprint density at radius 3 is 1.00 bits per heavy atom. The molecular formula is C83H139NO8. The molecule has 524 valence electrons. The van der Waals surface area contributed by atoms with Gasteiger partial charge in [0.15, 0.2) is 6.29 Å². The van der Waals surface area contributed by atoms with E-state index in [9.17, 15) is 30.3 Å². The van der Waals surface area contributed by atoms with E-state index in [4.69, 9.17) is 9.47 Å². The third-order valence-electron chi connectivity index (χ3n) is 16.9. The van der Waals surface area contributed by atoms with Crippen molar-refractivity contribution in [2.45, 2.75) is 346 Å². The molecule has 1 aliphatic rings. The number of allylic oxidation sites excluding steroid dienone is 25. The maximum Gasteiger partial charge on any atom is 0.220 e. The zero-order chi connectivity index (χ0) is 66.4. The average molecular weight is 1280 g/mol. The summed E-state index contributed by atoms with van der Waals surface area (Å²) >= 11 is 0. The minimum atomic E-state index is -1.59. The van der Waals surface area contributed by atoms with Crippen LogP contribution in [-0.4, -0.2) is 87.5 Å². The van der Waals surface area contributed by atoms with Crippen LogP contribution in [0.15, 0.2) is 158 Å². The number of aliphatic hydroxyl groups is 5. The highest BCUT2D eigenvalue weighted by Gasteiger charge is 2.44. The lowest BCUT2D eigenvalue weighted by Crippen LogP contribution is -2.60. The van der Waals surface area contributed by atoms with Crippen molar-refractivity contribution in [3.8, 4) is 0 Å². The first-order valence-electron chi connectivity index (χ1n) is 37.7. The van der Waals surface area contributed by atoms with Crippen LogP contribution in [0, 0.1) is 0 Å². The predicted molar refractivity (Wildman–Crippen MR) is 396 cm³/mol. The van der Waals surface area contributed by atoms with Gasteiger partial charge in [0.05, 0.1) is 25.4 Å². The molecule has 6 N–H and O–H groups in total. The van der Waals surface area contributed by atoms with Crippen LogP contribution in [0.25, 0.3) is 0 Å². The van der Waals surface area contributed by atoms with Crippen molar-refractivity contribution in [3.05, 3.63) is 158 Å². The van der Waals surface area contributed by atoms with Crippen molar-refractivity contribution in [1.29, 1.82) is 0 Å². The molecule has 7 atom stereocenters. The molecule has 0 bridgehead atoms. The summed E-state index contributed by atoms with van der Waals surface area (Å²) in [7, 11) is 0. The number of carbonyl (C=O) groups excluding carboxylic acids is 1. The number of amides is 1. The first-order valence-corrected chi connectivity index (χ1v) is 37.7. The van der Waals surface area contributed by atoms with E-state index in [2.05, 4.69) is 165 Å². The molecule has 1 rings (SSSR count). The van der Waals surface area contributed by atoms with Crippen LogP contribution in [0.3, 0.4) is 0 Å².